The SMILES string of the molecule is CCC1CC(NC2CCCCC2)CCN1C(=O)O. The number of hydrogen-bond acceptors (Lipinski definition) is 2. The van der Waals surface area contributed by atoms with Crippen molar-refractivity contribution in [2.45, 2.75) is 76.4 Å². The smallest absolute Gasteiger partial charge is 0.407 e. The second-order valence-corrected chi connectivity index (χ2v) is 5.76. The van der Waals surface area contributed by atoms with Crippen LogP contribution < -0.4 is 5.32 Å². The summed E-state index contributed by atoms with van der Waals surface area (Å²) in [5, 5.41) is 12.9. The van der Waals surface area contributed by atoms with Crippen LogP contribution >= 0.6 is 0 Å². The lowest BCUT2D eigenvalue weighted by atomic mass is 9.91. The lowest BCUT2D eigenvalue weighted by Gasteiger charge is -2.39. The highest BCUT2D eigenvalue weighted by molar-refractivity contribution is 5.65. The van der Waals surface area contributed by atoms with Gasteiger partial charge < -0.3 is 15.3 Å². The highest BCUT2D eigenvalue weighted by Gasteiger charge is 2.31. The van der Waals surface area contributed by atoms with E-state index >= 15 is 0 Å². The van der Waals surface area contributed by atoms with Crippen molar-refractivity contribution in [2.75, 3.05) is 6.54 Å². The first-order valence-corrected chi connectivity index (χ1v) is 7.46. The highest BCUT2D eigenvalue weighted by Crippen LogP contribution is 2.23. The van der Waals surface area contributed by atoms with E-state index in [2.05, 4.69) is 12.2 Å². The van der Waals surface area contributed by atoms with Crippen molar-refractivity contribution < 1.29 is 9.90 Å². The summed E-state index contributed by atoms with van der Waals surface area (Å²) in [5.41, 5.74) is 0. The van der Waals surface area contributed by atoms with Gasteiger partial charge in [-0.2, -0.15) is 0 Å². The third-order valence-corrected chi connectivity index (χ3v) is 4.51. The number of likely N-dealkylation sites (tertiary alicyclic amines) is 1. The molecule has 0 aromatic heterocycles. The number of carbonyl (C=O) groups is 1. The van der Waals surface area contributed by atoms with Gasteiger partial charge in [0.15, 0.2) is 0 Å². The zero-order valence-electron chi connectivity index (χ0n) is 11.4. The molecule has 2 fully saturated rings. The molecule has 0 aromatic carbocycles. The minimum absolute atomic E-state index is 0.206. The molecule has 1 aliphatic heterocycles. The Kier molecular flexibility index (Phi) is 4.87. The zero-order chi connectivity index (χ0) is 13.0. The quantitative estimate of drug-likeness (QED) is 0.814. The largest absolute Gasteiger partial charge is 0.465 e. The van der Waals surface area contributed by atoms with E-state index in [1.54, 1.807) is 4.90 Å². The second-order valence-electron chi connectivity index (χ2n) is 5.76. The molecule has 104 valence electrons. The maximum atomic E-state index is 11.1. The summed E-state index contributed by atoms with van der Waals surface area (Å²) in [6.45, 7) is 2.78. The van der Waals surface area contributed by atoms with Crippen molar-refractivity contribution >= 4 is 6.09 Å². The third-order valence-electron chi connectivity index (χ3n) is 4.51. The molecule has 0 aromatic rings. The Morgan fingerprint density at radius 3 is 2.56 bits per heavy atom. The second kappa shape index (κ2) is 6.41. The molecule has 1 heterocycles. The topological polar surface area (TPSA) is 52.6 Å². The summed E-state index contributed by atoms with van der Waals surface area (Å²) in [6, 6.07) is 1.41. The Morgan fingerprint density at radius 2 is 1.94 bits per heavy atom. The van der Waals surface area contributed by atoms with Gasteiger partial charge in [-0.1, -0.05) is 26.2 Å². The van der Waals surface area contributed by atoms with E-state index in [4.69, 9.17) is 5.11 Å². The molecule has 2 rings (SSSR count). The van der Waals surface area contributed by atoms with Gasteiger partial charge in [-0.3, -0.25) is 0 Å². The number of amides is 1. The molecule has 4 nitrogen and oxygen atoms in total. The molecule has 1 saturated heterocycles. The minimum Gasteiger partial charge on any atom is -0.465 e. The monoisotopic (exact) mass is 254 g/mol. The lowest BCUT2D eigenvalue weighted by Crippen LogP contribution is -2.52. The fourth-order valence-corrected chi connectivity index (χ4v) is 3.44. The van der Waals surface area contributed by atoms with Gasteiger partial charge in [0.2, 0.25) is 0 Å². The predicted molar refractivity (Wildman–Crippen MR) is 71.8 cm³/mol. The normalized spacial score (nSPS) is 30.4. The van der Waals surface area contributed by atoms with Gasteiger partial charge in [-0.05, 0) is 32.1 Å². The average Bonchev–Trinajstić information content (AvgIpc) is 2.39. The van der Waals surface area contributed by atoms with Gasteiger partial charge in [-0.15, -0.1) is 0 Å². The molecule has 1 aliphatic carbocycles. The molecule has 4 heteroatoms. The van der Waals surface area contributed by atoms with Crippen LogP contribution in [0, 0.1) is 0 Å². The van der Waals surface area contributed by atoms with Crippen LogP contribution in [0.5, 0.6) is 0 Å². The van der Waals surface area contributed by atoms with Gasteiger partial charge in [0.1, 0.15) is 0 Å². The fraction of sp³-hybridized carbons (Fsp3) is 0.929. The Hall–Kier alpha value is -0.770. The first-order valence-electron chi connectivity index (χ1n) is 7.46. The predicted octanol–water partition coefficient (Wildman–Crippen LogP) is 2.83. The number of carboxylic acid groups (broad SMARTS) is 1. The Labute approximate surface area is 110 Å². The van der Waals surface area contributed by atoms with Crippen molar-refractivity contribution in [3.05, 3.63) is 0 Å². The van der Waals surface area contributed by atoms with E-state index in [0.717, 1.165) is 19.3 Å². The van der Waals surface area contributed by atoms with Crippen LogP contribution in [0.3, 0.4) is 0 Å². The molecule has 0 bridgehead atoms. The number of hydrogen-bond donors (Lipinski definition) is 2. The van der Waals surface area contributed by atoms with Crippen molar-refractivity contribution in [3.63, 3.8) is 0 Å². The standard InChI is InChI=1S/C14H26N2O2/c1-2-13-10-12(8-9-16(13)14(17)18)15-11-6-4-3-5-7-11/h11-13,15H,2-10H2,1H3,(H,17,18). The summed E-state index contributed by atoms with van der Waals surface area (Å²) in [5.74, 6) is 0. The fourth-order valence-electron chi connectivity index (χ4n) is 3.44. The van der Waals surface area contributed by atoms with Gasteiger partial charge in [0.05, 0.1) is 0 Å². The lowest BCUT2D eigenvalue weighted by molar-refractivity contribution is 0.0918. The molecular weight excluding hydrogens is 228 g/mol. The van der Waals surface area contributed by atoms with E-state index in [-0.39, 0.29) is 6.04 Å². The minimum atomic E-state index is -0.752. The molecule has 2 N–H and O–H groups in total. The Morgan fingerprint density at radius 1 is 1.22 bits per heavy atom. The molecule has 2 unspecified atom stereocenters. The van der Waals surface area contributed by atoms with Crippen molar-refractivity contribution in [1.82, 2.24) is 10.2 Å². The summed E-state index contributed by atoms with van der Waals surface area (Å²) in [4.78, 5) is 12.7. The van der Waals surface area contributed by atoms with E-state index in [0.29, 0.717) is 18.6 Å². The molecule has 18 heavy (non-hydrogen) atoms. The summed E-state index contributed by atoms with van der Waals surface area (Å²) < 4.78 is 0. The van der Waals surface area contributed by atoms with Crippen LogP contribution in [0.15, 0.2) is 0 Å². The van der Waals surface area contributed by atoms with Gasteiger partial charge in [0.25, 0.3) is 0 Å². The molecule has 0 radical (unpaired) electrons. The van der Waals surface area contributed by atoms with E-state index in [1.165, 1.54) is 32.1 Å². The number of piperidine rings is 1. The Balaban J connectivity index is 1.83. The average molecular weight is 254 g/mol. The maximum absolute atomic E-state index is 11.1. The molecule has 1 amide bonds. The van der Waals surface area contributed by atoms with Crippen molar-refractivity contribution in [2.24, 2.45) is 0 Å². The van der Waals surface area contributed by atoms with Gasteiger partial charge >= 0.3 is 6.09 Å². The number of rotatable bonds is 3. The van der Waals surface area contributed by atoms with Crippen LogP contribution in [0.25, 0.3) is 0 Å². The van der Waals surface area contributed by atoms with Crippen LogP contribution in [-0.2, 0) is 0 Å². The molecule has 2 atom stereocenters. The maximum Gasteiger partial charge on any atom is 0.407 e. The summed E-state index contributed by atoms with van der Waals surface area (Å²) in [7, 11) is 0. The first kappa shape index (κ1) is 13.7. The highest BCUT2D eigenvalue weighted by atomic mass is 16.4. The first-order chi connectivity index (χ1) is 8.70. The molecule has 2 aliphatic rings. The van der Waals surface area contributed by atoms with Crippen LogP contribution in [0.4, 0.5) is 4.79 Å². The number of nitrogens with one attached hydrogen (secondary N) is 1. The van der Waals surface area contributed by atoms with Gasteiger partial charge in [-0.25, -0.2) is 4.79 Å². The van der Waals surface area contributed by atoms with Crippen LogP contribution in [0.2, 0.25) is 0 Å². The van der Waals surface area contributed by atoms with E-state index in [1.807, 2.05) is 0 Å². The van der Waals surface area contributed by atoms with Gasteiger partial charge in [0, 0.05) is 24.7 Å². The van der Waals surface area contributed by atoms with E-state index < -0.39 is 6.09 Å². The zero-order valence-corrected chi connectivity index (χ0v) is 11.4. The molecular formula is C14H26N2O2. The van der Waals surface area contributed by atoms with Crippen LogP contribution in [-0.4, -0.2) is 40.8 Å². The third kappa shape index (κ3) is 3.37. The summed E-state index contributed by atoms with van der Waals surface area (Å²) >= 11 is 0. The van der Waals surface area contributed by atoms with E-state index in [9.17, 15) is 4.79 Å². The van der Waals surface area contributed by atoms with Crippen LogP contribution in [0.1, 0.15) is 58.3 Å². The van der Waals surface area contributed by atoms with Crippen molar-refractivity contribution in [3.8, 4) is 0 Å². The Bertz CT molecular complexity index is 277. The van der Waals surface area contributed by atoms with Crippen molar-refractivity contribution in [1.29, 1.82) is 0 Å². The molecule has 1 saturated carbocycles. The number of nitrogens with zero attached hydrogens (tertiary/aromatic N) is 1. The molecule has 0 spiro atoms. The summed E-state index contributed by atoms with van der Waals surface area (Å²) in [6.07, 6.45) is 8.82.